The van der Waals surface area contributed by atoms with Gasteiger partial charge in [-0.1, -0.05) is 0 Å². The first-order valence-corrected chi connectivity index (χ1v) is 8.75. The Morgan fingerprint density at radius 1 is 1.18 bits per heavy atom. The van der Waals surface area contributed by atoms with E-state index in [9.17, 15) is 22.4 Å². The van der Waals surface area contributed by atoms with Gasteiger partial charge in [0.05, 0.1) is 5.69 Å². The van der Waals surface area contributed by atoms with Crippen molar-refractivity contribution in [2.24, 2.45) is 0 Å². The fraction of sp³-hybridized carbons (Fsp3) is 0.368. The fourth-order valence-electron chi connectivity index (χ4n) is 3.31. The molecular formula is C19H19F4N3O2. The lowest BCUT2D eigenvalue weighted by Gasteiger charge is -2.16. The quantitative estimate of drug-likeness (QED) is 0.741. The molecule has 150 valence electrons. The summed E-state index contributed by atoms with van der Waals surface area (Å²) in [4.78, 5) is 15.3. The Balaban J connectivity index is 1.70. The van der Waals surface area contributed by atoms with Crippen LogP contribution in [0.5, 0.6) is 5.75 Å². The number of nitrogens with one attached hydrogen (secondary N) is 2. The molecule has 2 N–H and O–H groups in total. The lowest BCUT2D eigenvalue weighted by molar-refractivity contribution is -0.275. The molecule has 1 aliphatic rings. The number of amides is 1. The second-order valence-electron chi connectivity index (χ2n) is 6.67. The van der Waals surface area contributed by atoms with Crippen molar-refractivity contribution in [1.29, 1.82) is 0 Å². The highest BCUT2D eigenvalue weighted by Gasteiger charge is 2.32. The summed E-state index contributed by atoms with van der Waals surface area (Å²) in [6.07, 6.45) is -0.867. The molecule has 0 radical (unpaired) electrons. The molecule has 1 aromatic heterocycles. The van der Waals surface area contributed by atoms with Crippen LogP contribution in [-0.4, -0.2) is 29.3 Å². The van der Waals surface area contributed by atoms with Crippen molar-refractivity contribution in [2.75, 3.05) is 5.32 Å². The maximum Gasteiger partial charge on any atom is 0.573 e. The smallest absolute Gasteiger partial charge is 0.403 e. The Morgan fingerprint density at radius 3 is 2.61 bits per heavy atom. The molecule has 3 rings (SSSR count). The molecule has 1 fully saturated rings. The maximum absolute atomic E-state index is 13.9. The summed E-state index contributed by atoms with van der Waals surface area (Å²) in [6, 6.07) is 6.96. The topological polar surface area (TPSA) is 63.2 Å². The highest BCUT2D eigenvalue weighted by Crippen LogP contribution is 2.30. The lowest BCUT2D eigenvalue weighted by Crippen LogP contribution is -2.31. The first-order valence-electron chi connectivity index (χ1n) is 8.75. The molecule has 0 saturated heterocycles. The number of alkyl halides is 3. The molecule has 1 aliphatic carbocycles. The number of benzene rings is 1. The largest absolute Gasteiger partial charge is 0.573 e. The fourth-order valence-corrected chi connectivity index (χ4v) is 3.31. The van der Waals surface area contributed by atoms with Crippen LogP contribution in [0.25, 0.3) is 11.3 Å². The average Bonchev–Trinajstić information content (AvgIpc) is 3.02. The second kappa shape index (κ2) is 8.04. The van der Waals surface area contributed by atoms with Crippen molar-refractivity contribution in [3.63, 3.8) is 0 Å². The van der Waals surface area contributed by atoms with Crippen LogP contribution in [0.4, 0.5) is 23.2 Å². The zero-order chi connectivity index (χ0) is 20.3. The third kappa shape index (κ3) is 5.34. The van der Waals surface area contributed by atoms with Crippen LogP contribution in [0.15, 0.2) is 36.5 Å². The first kappa shape index (κ1) is 19.9. The predicted molar refractivity (Wildman–Crippen MR) is 95.2 cm³/mol. The molecule has 0 spiro atoms. The van der Waals surface area contributed by atoms with Crippen LogP contribution in [0.2, 0.25) is 0 Å². The van der Waals surface area contributed by atoms with Crippen LogP contribution >= 0.6 is 0 Å². The molecule has 1 saturated carbocycles. The molecule has 2 unspecified atom stereocenters. The zero-order valence-electron chi connectivity index (χ0n) is 15.0. The van der Waals surface area contributed by atoms with Gasteiger partial charge >= 0.3 is 6.36 Å². The molecule has 1 aromatic carbocycles. The van der Waals surface area contributed by atoms with Gasteiger partial charge in [0.15, 0.2) is 11.6 Å². The Morgan fingerprint density at radius 2 is 1.93 bits per heavy atom. The van der Waals surface area contributed by atoms with Gasteiger partial charge in [-0.2, -0.15) is 0 Å². The number of nitrogens with zero attached hydrogens (tertiary/aromatic N) is 1. The van der Waals surface area contributed by atoms with E-state index in [1.165, 1.54) is 19.2 Å². The van der Waals surface area contributed by atoms with Crippen molar-refractivity contribution < 1.29 is 27.1 Å². The van der Waals surface area contributed by atoms with Gasteiger partial charge in [0.25, 0.3) is 0 Å². The summed E-state index contributed by atoms with van der Waals surface area (Å²) in [5.41, 5.74) is 1.51. The summed E-state index contributed by atoms with van der Waals surface area (Å²) < 4.78 is 54.3. The number of hydrogen-bond acceptors (Lipinski definition) is 4. The third-order valence-corrected chi connectivity index (χ3v) is 4.42. The Bertz CT molecular complexity index is 857. The summed E-state index contributed by atoms with van der Waals surface area (Å²) >= 11 is 0. The minimum atomic E-state index is -4.96. The van der Waals surface area contributed by atoms with Gasteiger partial charge in [-0.3, -0.25) is 9.78 Å². The van der Waals surface area contributed by atoms with E-state index >= 15 is 0 Å². The van der Waals surface area contributed by atoms with E-state index in [-0.39, 0.29) is 18.0 Å². The molecule has 2 aromatic rings. The Kier molecular flexibility index (Phi) is 5.71. The molecule has 9 heteroatoms. The van der Waals surface area contributed by atoms with Gasteiger partial charge in [-0.15, -0.1) is 13.2 Å². The van der Waals surface area contributed by atoms with Gasteiger partial charge in [0.1, 0.15) is 0 Å². The SMILES string of the molecule is CC(=O)NC1CCC(Nc2ccnc(-c3ccc(OC(F)(F)F)c(F)c3)c2)C1. The monoisotopic (exact) mass is 397 g/mol. The summed E-state index contributed by atoms with van der Waals surface area (Å²) in [5.74, 6) is -2.07. The van der Waals surface area contributed by atoms with Gasteiger partial charge in [0.2, 0.25) is 5.91 Å². The molecule has 2 atom stereocenters. The van der Waals surface area contributed by atoms with Crippen molar-refractivity contribution in [3.05, 3.63) is 42.3 Å². The summed E-state index contributed by atoms with van der Waals surface area (Å²) in [5, 5.41) is 6.25. The predicted octanol–water partition coefficient (Wildman–Crippen LogP) is 4.26. The van der Waals surface area contributed by atoms with E-state index in [1.807, 2.05) is 0 Å². The van der Waals surface area contributed by atoms with E-state index in [4.69, 9.17) is 0 Å². The van der Waals surface area contributed by atoms with Crippen LogP contribution in [-0.2, 0) is 4.79 Å². The number of anilines is 1. The van der Waals surface area contributed by atoms with Crippen molar-refractivity contribution in [3.8, 4) is 17.0 Å². The number of aromatic nitrogens is 1. The minimum absolute atomic E-state index is 0.0585. The average molecular weight is 397 g/mol. The van der Waals surface area contributed by atoms with Crippen LogP contribution in [0, 0.1) is 5.82 Å². The molecule has 0 bridgehead atoms. The molecule has 28 heavy (non-hydrogen) atoms. The molecular weight excluding hydrogens is 378 g/mol. The first-order chi connectivity index (χ1) is 13.2. The highest BCUT2D eigenvalue weighted by atomic mass is 19.4. The maximum atomic E-state index is 13.9. The van der Waals surface area contributed by atoms with E-state index in [0.717, 1.165) is 37.1 Å². The Hall–Kier alpha value is -2.84. The molecule has 1 amide bonds. The van der Waals surface area contributed by atoms with E-state index < -0.39 is 17.9 Å². The number of carbonyl (C=O) groups excluding carboxylic acids is 1. The number of hydrogen-bond donors (Lipinski definition) is 2. The normalized spacial score (nSPS) is 19.3. The van der Waals surface area contributed by atoms with E-state index in [2.05, 4.69) is 20.4 Å². The van der Waals surface area contributed by atoms with Crippen molar-refractivity contribution in [2.45, 2.75) is 44.6 Å². The van der Waals surface area contributed by atoms with Crippen molar-refractivity contribution >= 4 is 11.6 Å². The Labute approximate surface area is 159 Å². The van der Waals surface area contributed by atoms with Crippen molar-refractivity contribution in [1.82, 2.24) is 10.3 Å². The van der Waals surface area contributed by atoms with Gasteiger partial charge in [-0.25, -0.2) is 4.39 Å². The number of carbonyl (C=O) groups is 1. The lowest BCUT2D eigenvalue weighted by atomic mass is 10.1. The molecule has 0 aliphatic heterocycles. The number of halogens is 4. The van der Waals surface area contributed by atoms with Crippen LogP contribution < -0.4 is 15.4 Å². The van der Waals surface area contributed by atoms with Crippen LogP contribution in [0.1, 0.15) is 26.2 Å². The van der Waals surface area contributed by atoms with Crippen LogP contribution in [0.3, 0.4) is 0 Å². The second-order valence-corrected chi connectivity index (χ2v) is 6.67. The summed E-state index contributed by atoms with van der Waals surface area (Å²) in [7, 11) is 0. The van der Waals surface area contributed by atoms with Gasteiger partial charge in [-0.05, 0) is 49.6 Å². The van der Waals surface area contributed by atoms with Gasteiger partial charge in [0, 0.05) is 36.5 Å². The number of rotatable bonds is 5. The molecule has 1 heterocycles. The van der Waals surface area contributed by atoms with Gasteiger partial charge < -0.3 is 15.4 Å². The zero-order valence-corrected chi connectivity index (χ0v) is 15.0. The standard InChI is InChI=1S/C19H19F4N3O2/c1-11(27)25-13-3-4-14(9-13)26-15-6-7-24-17(10-15)12-2-5-18(16(20)8-12)28-19(21,22)23/h2,5-8,10,13-14H,3-4,9H2,1H3,(H,24,26)(H,25,27). The summed E-state index contributed by atoms with van der Waals surface area (Å²) in [6.45, 7) is 1.49. The number of ether oxygens (including phenoxy) is 1. The molecule has 5 nitrogen and oxygen atoms in total. The van der Waals surface area contributed by atoms with E-state index in [0.29, 0.717) is 11.3 Å². The third-order valence-electron chi connectivity index (χ3n) is 4.42. The highest BCUT2D eigenvalue weighted by molar-refractivity contribution is 5.73. The number of pyridine rings is 1. The minimum Gasteiger partial charge on any atom is -0.403 e. The van der Waals surface area contributed by atoms with E-state index in [1.54, 1.807) is 12.1 Å².